The van der Waals surface area contributed by atoms with Gasteiger partial charge in [0.1, 0.15) is 0 Å². The molecule has 14 heavy (non-hydrogen) atoms. The van der Waals surface area contributed by atoms with Crippen molar-refractivity contribution in [2.45, 2.75) is 18.8 Å². The number of hydrogen-bond donors (Lipinski definition) is 0. The minimum atomic E-state index is 0.339. The van der Waals surface area contributed by atoms with Crippen LogP contribution in [-0.2, 0) is 5.88 Å². The zero-order valence-electron chi connectivity index (χ0n) is 7.85. The van der Waals surface area contributed by atoms with Gasteiger partial charge in [0.25, 0.3) is 0 Å². The molecular formula is C10H11ClN2S. The molecule has 0 radical (unpaired) electrons. The van der Waals surface area contributed by atoms with Gasteiger partial charge in [0.15, 0.2) is 0 Å². The minimum Gasteiger partial charge on any atom is -0.330 e. The molecule has 0 amide bonds. The maximum absolute atomic E-state index is 5.70. The highest BCUT2D eigenvalue weighted by molar-refractivity contribution is 7.07. The molecule has 4 heteroatoms. The average molecular weight is 227 g/mol. The summed E-state index contributed by atoms with van der Waals surface area (Å²) in [6, 6.07) is 2.47. The van der Waals surface area contributed by atoms with Crippen LogP contribution in [0.25, 0.3) is 0 Å². The first kappa shape index (κ1) is 9.74. The van der Waals surface area contributed by atoms with Crippen LogP contribution in [-0.4, -0.2) is 9.55 Å². The van der Waals surface area contributed by atoms with E-state index in [-0.39, 0.29) is 0 Å². The molecule has 74 valence electrons. The summed E-state index contributed by atoms with van der Waals surface area (Å²) in [7, 11) is 0. The van der Waals surface area contributed by atoms with Gasteiger partial charge in [0.05, 0.1) is 23.9 Å². The van der Waals surface area contributed by atoms with Crippen molar-refractivity contribution >= 4 is 22.9 Å². The molecule has 0 aliphatic heterocycles. The number of alkyl halides is 1. The summed E-state index contributed by atoms with van der Waals surface area (Å²) in [5.74, 6) is 0.476. The van der Waals surface area contributed by atoms with Gasteiger partial charge >= 0.3 is 0 Å². The topological polar surface area (TPSA) is 17.8 Å². The SMILES string of the molecule is CC(c1ccsc1)n1cnc(CCl)c1. The highest BCUT2D eigenvalue weighted by atomic mass is 35.5. The maximum Gasteiger partial charge on any atom is 0.0955 e. The van der Waals surface area contributed by atoms with Crippen molar-refractivity contribution in [3.8, 4) is 0 Å². The third-order valence-corrected chi connectivity index (χ3v) is 3.24. The average Bonchev–Trinajstić information content (AvgIpc) is 2.88. The predicted octanol–water partition coefficient (Wildman–Crippen LogP) is 3.29. The Balaban J connectivity index is 2.23. The summed E-state index contributed by atoms with van der Waals surface area (Å²) >= 11 is 7.41. The molecular weight excluding hydrogens is 216 g/mol. The van der Waals surface area contributed by atoms with Gasteiger partial charge in [-0.2, -0.15) is 11.3 Å². The fraction of sp³-hybridized carbons (Fsp3) is 0.300. The summed E-state index contributed by atoms with van der Waals surface area (Å²) < 4.78 is 2.08. The largest absolute Gasteiger partial charge is 0.330 e. The highest BCUT2D eigenvalue weighted by Crippen LogP contribution is 2.20. The standard InChI is InChI=1S/C10H11ClN2S/c1-8(9-2-3-14-6-9)13-5-10(4-11)12-7-13/h2-3,5-8H,4H2,1H3. The molecule has 2 aromatic heterocycles. The second-order valence-corrected chi connectivity index (χ2v) is 4.23. The van der Waals surface area contributed by atoms with Gasteiger partial charge in [-0.15, -0.1) is 11.6 Å². The fourth-order valence-corrected chi connectivity index (χ4v) is 2.23. The van der Waals surface area contributed by atoms with E-state index >= 15 is 0 Å². The molecule has 0 saturated carbocycles. The lowest BCUT2D eigenvalue weighted by Crippen LogP contribution is -2.02. The third kappa shape index (κ3) is 1.83. The van der Waals surface area contributed by atoms with E-state index in [1.165, 1.54) is 5.56 Å². The zero-order chi connectivity index (χ0) is 9.97. The first-order valence-electron chi connectivity index (χ1n) is 4.41. The van der Waals surface area contributed by atoms with Crippen LogP contribution in [0.3, 0.4) is 0 Å². The van der Waals surface area contributed by atoms with Crippen LogP contribution in [0.1, 0.15) is 24.2 Å². The Labute approximate surface area is 92.2 Å². The van der Waals surface area contributed by atoms with Gasteiger partial charge in [-0.25, -0.2) is 4.98 Å². The van der Waals surface area contributed by atoms with E-state index < -0.39 is 0 Å². The number of aromatic nitrogens is 2. The minimum absolute atomic E-state index is 0.339. The fourth-order valence-electron chi connectivity index (χ4n) is 1.35. The van der Waals surface area contributed by atoms with E-state index in [4.69, 9.17) is 11.6 Å². The molecule has 0 aliphatic rings. The van der Waals surface area contributed by atoms with Gasteiger partial charge in [-0.3, -0.25) is 0 Å². The summed E-state index contributed by atoms with van der Waals surface area (Å²) in [6.07, 6.45) is 3.83. The molecule has 0 bridgehead atoms. The quantitative estimate of drug-likeness (QED) is 0.735. The van der Waals surface area contributed by atoms with Crippen molar-refractivity contribution in [2.24, 2.45) is 0 Å². The molecule has 0 aliphatic carbocycles. The van der Waals surface area contributed by atoms with Gasteiger partial charge < -0.3 is 4.57 Å². The maximum atomic E-state index is 5.70. The Hall–Kier alpha value is -0.800. The summed E-state index contributed by atoms with van der Waals surface area (Å²) in [5, 5.41) is 4.25. The lowest BCUT2D eigenvalue weighted by atomic mass is 10.2. The molecule has 0 saturated heterocycles. The number of nitrogens with zero attached hydrogens (tertiary/aromatic N) is 2. The normalized spacial score (nSPS) is 13.0. The lowest BCUT2D eigenvalue weighted by Gasteiger charge is -2.10. The molecule has 1 atom stereocenters. The van der Waals surface area contributed by atoms with Crippen LogP contribution in [0.5, 0.6) is 0 Å². The van der Waals surface area contributed by atoms with Crippen LogP contribution in [0.2, 0.25) is 0 Å². The molecule has 0 N–H and O–H groups in total. The molecule has 2 nitrogen and oxygen atoms in total. The summed E-state index contributed by atoms with van der Waals surface area (Å²) in [6.45, 7) is 2.15. The molecule has 2 rings (SSSR count). The molecule has 2 aromatic rings. The monoisotopic (exact) mass is 226 g/mol. The van der Waals surface area contributed by atoms with E-state index in [0.29, 0.717) is 11.9 Å². The predicted molar refractivity (Wildman–Crippen MR) is 59.9 cm³/mol. The second kappa shape index (κ2) is 4.15. The van der Waals surface area contributed by atoms with E-state index in [9.17, 15) is 0 Å². The van der Waals surface area contributed by atoms with Crippen molar-refractivity contribution in [1.29, 1.82) is 0 Å². The molecule has 1 unspecified atom stereocenters. The Morgan fingerprint density at radius 1 is 1.64 bits per heavy atom. The van der Waals surface area contributed by atoms with Crippen LogP contribution in [0.4, 0.5) is 0 Å². The van der Waals surface area contributed by atoms with Gasteiger partial charge in [0, 0.05) is 6.20 Å². The van der Waals surface area contributed by atoms with Crippen LogP contribution >= 0.6 is 22.9 Å². The number of thiophene rings is 1. The highest BCUT2D eigenvalue weighted by Gasteiger charge is 2.08. The van der Waals surface area contributed by atoms with Crippen molar-refractivity contribution in [1.82, 2.24) is 9.55 Å². The Kier molecular flexibility index (Phi) is 2.89. The Morgan fingerprint density at radius 2 is 2.50 bits per heavy atom. The first-order valence-corrected chi connectivity index (χ1v) is 5.89. The molecule has 0 spiro atoms. The van der Waals surface area contributed by atoms with Crippen molar-refractivity contribution in [3.63, 3.8) is 0 Å². The number of halogens is 1. The number of imidazole rings is 1. The van der Waals surface area contributed by atoms with Crippen LogP contribution in [0, 0.1) is 0 Å². The second-order valence-electron chi connectivity index (χ2n) is 3.18. The summed E-state index contributed by atoms with van der Waals surface area (Å²) in [5.41, 5.74) is 2.24. The van der Waals surface area contributed by atoms with Crippen molar-refractivity contribution in [2.75, 3.05) is 0 Å². The zero-order valence-corrected chi connectivity index (χ0v) is 9.42. The van der Waals surface area contributed by atoms with Gasteiger partial charge in [0.2, 0.25) is 0 Å². The number of rotatable bonds is 3. The van der Waals surface area contributed by atoms with Gasteiger partial charge in [-0.1, -0.05) is 0 Å². The van der Waals surface area contributed by atoms with Crippen molar-refractivity contribution < 1.29 is 0 Å². The third-order valence-electron chi connectivity index (χ3n) is 2.26. The molecule has 0 aromatic carbocycles. The Morgan fingerprint density at radius 3 is 3.07 bits per heavy atom. The number of hydrogen-bond acceptors (Lipinski definition) is 2. The Bertz CT molecular complexity index is 394. The van der Waals surface area contributed by atoms with E-state index in [1.807, 2.05) is 12.5 Å². The molecule has 0 fully saturated rings. The lowest BCUT2D eigenvalue weighted by molar-refractivity contribution is 0.640. The molecule has 2 heterocycles. The van der Waals surface area contributed by atoms with Crippen LogP contribution in [0.15, 0.2) is 29.4 Å². The van der Waals surface area contributed by atoms with E-state index in [1.54, 1.807) is 11.3 Å². The summed E-state index contributed by atoms with van der Waals surface area (Å²) in [4.78, 5) is 4.20. The van der Waals surface area contributed by atoms with E-state index in [2.05, 4.69) is 33.3 Å². The smallest absolute Gasteiger partial charge is 0.0955 e. The first-order chi connectivity index (χ1) is 6.81. The van der Waals surface area contributed by atoms with Gasteiger partial charge in [-0.05, 0) is 29.3 Å². The van der Waals surface area contributed by atoms with E-state index in [0.717, 1.165) is 5.69 Å². The van der Waals surface area contributed by atoms with Crippen LogP contribution < -0.4 is 0 Å². The van der Waals surface area contributed by atoms with Crippen molar-refractivity contribution in [3.05, 3.63) is 40.6 Å².